The zero-order valence-corrected chi connectivity index (χ0v) is 23.8. The van der Waals surface area contributed by atoms with E-state index in [9.17, 15) is 0 Å². The largest absolute Gasteiger partial charge is 1.00 e. The third-order valence-corrected chi connectivity index (χ3v) is 9.68. The first-order chi connectivity index (χ1) is 15.3. The molecule has 0 aliphatic heterocycles. The summed E-state index contributed by atoms with van der Waals surface area (Å²) in [6.07, 6.45) is 17.8. The van der Waals surface area contributed by atoms with Crippen LogP contribution in [0.2, 0.25) is 4.22 Å². The number of benzene rings is 2. The first kappa shape index (κ1) is 29.7. The minimum Gasteiger partial charge on any atom is -1.00 e. The summed E-state index contributed by atoms with van der Waals surface area (Å²) in [5.74, 6) is 3.67. The fourth-order valence-electron chi connectivity index (χ4n) is 7.50. The van der Waals surface area contributed by atoms with Gasteiger partial charge < -0.3 is 37.2 Å². The summed E-state index contributed by atoms with van der Waals surface area (Å²) in [5, 5.41) is 0. The number of halogens is 3. The van der Waals surface area contributed by atoms with Crippen LogP contribution in [0.15, 0.2) is 85.0 Å². The van der Waals surface area contributed by atoms with Gasteiger partial charge >= 0.3 is 201 Å². The van der Waals surface area contributed by atoms with E-state index in [1.807, 2.05) is 0 Å². The van der Waals surface area contributed by atoms with E-state index in [1.165, 1.54) is 38.5 Å². The molecule has 6 unspecified atom stereocenters. The topological polar surface area (TPSA) is 0 Å². The molecule has 0 aromatic heterocycles. The zero-order valence-electron chi connectivity index (χ0n) is 19.9. The molecule has 0 nitrogen and oxygen atoms in total. The van der Waals surface area contributed by atoms with Crippen LogP contribution < -0.4 is 37.2 Å². The Balaban J connectivity index is 0.00000136. The molecular formula is C30H35Cl3Ti. The Kier molecular flexibility index (Phi) is 11.5. The Morgan fingerprint density at radius 2 is 1.35 bits per heavy atom. The Labute approximate surface area is 237 Å². The van der Waals surface area contributed by atoms with Gasteiger partial charge in [-0.15, -0.1) is 0 Å². The van der Waals surface area contributed by atoms with Crippen LogP contribution in [-0.2, 0) is 25.9 Å². The quantitative estimate of drug-likeness (QED) is 0.402. The van der Waals surface area contributed by atoms with Crippen LogP contribution in [0.5, 0.6) is 0 Å². The predicted octanol–water partition coefficient (Wildman–Crippen LogP) is -1.09. The van der Waals surface area contributed by atoms with Crippen LogP contribution in [0.4, 0.5) is 0 Å². The van der Waals surface area contributed by atoms with Crippen molar-refractivity contribution in [3.05, 3.63) is 96.1 Å². The van der Waals surface area contributed by atoms with Crippen LogP contribution in [-0.4, -0.2) is 0 Å². The summed E-state index contributed by atoms with van der Waals surface area (Å²) in [6, 6.07) is 23.2. The summed E-state index contributed by atoms with van der Waals surface area (Å²) in [5.41, 5.74) is 3.17. The number of hydrogen-bond acceptors (Lipinski definition) is 0. The second kappa shape index (κ2) is 13.2. The van der Waals surface area contributed by atoms with Crippen LogP contribution in [0.1, 0.15) is 56.6 Å². The number of unbranched alkanes of at least 4 members (excludes halogenated alkanes) is 1. The molecule has 5 rings (SSSR count). The minimum absolute atomic E-state index is 0. The SMILES string of the molecule is CCCCC(c1ccccc1)(c1ccccc1)C1C2C=CC=CC2C2CCC[CH]([Ti+3])C21.[Cl-].[Cl-].[Cl-]. The Morgan fingerprint density at radius 1 is 0.794 bits per heavy atom. The van der Waals surface area contributed by atoms with Crippen LogP contribution in [0, 0.1) is 29.6 Å². The normalized spacial score (nSPS) is 29.1. The van der Waals surface area contributed by atoms with E-state index < -0.39 is 0 Å². The van der Waals surface area contributed by atoms with Gasteiger partial charge in [0.2, 0.25) is 0 Å². The average molecular weight is 550 g/mol. The summed E-state index contributed by atoms with van der Waals surface area (Å²) in [4.78, 5) is 0. The van der Waals surface area contributed by atoms with Gasteiger partial charge in [0.15, 0.2) is 0 Å². The molecule has 3 aliphatic carbocycles. The van der Waals surface area contributed by atoms with E-state index in [-0.39, 0.29) is 42.6 Å². The van der Waals surface area contributed by atoms with Crippen LogP contribution in [0.3, 0.4) is 0 Å². The molecule has 0 heterocycles. The fourth-order valence-corrected chi connectivity index (χ4v) is 8.53. The molecular weight excluding hydrogens is 515 g/mol. The molecule has 0 amide bonds. The third kappa shape index (κ3) is 5.14. The maximum absolute atomic E-state index is 2.59. The first-order valence-corrected chi connectivity index (χ1v) is 13.3. The average Bonchev–Trinajstić information content (AvgIpc) is 3.17. The van der Waals surface area contributed by atoms with Crippen LogP contribution in [0.25, 0.3) is 0 Å². The Morgan fingerprint density at radius 3 is 1.91 bits per heavy atom. The van der Waals surface area contributed by atoms with Crippen LogP contribution >= 0.6 is 0 Å². The maximum atomic E-state index is 2.59. The number of rotatable bonds is 6. The van der Waals surface area contributed by atoms with E-state index in [0.717, 1.165) is 22.0 Å². The van der Waals surface area contributed by atoms with Gasteiger partial charge in [-0.25, -0.2) is 0 Å². The van der Waals surface area contributed by atoms with Gasteiger partial charge in [-0.1, -0.05) is 0 Å². The molecule has 2 aromatic carbocycles. The second-order valence-electron chi connectivity index (χ2n) is 10.0. The summed E-state index contributed by atoms with van der Waals surface area (Å²) >= 11 is 2.56. The molecule has 180 valence electrons. The maximum Gasteiger partial charge on any atom is -1.00 e. The molecule has 3 aliphatic rings. The minimum atomic E-state index is 0. The number of fused-ring (bicyclic) bond motifs is 3. The predicted molar refractivity (Wildman–Crippen MR) is 127 cm³/mol. The smallest absolute Gasteiger partial charge is 1.00 e. The van der Waals surface area contributed by atoms with Gasteiger partial charge in [0.1, 0.15) is 0 Å². The molecule has 0 spiro atoms. The van der Waals surface area contributed by atoms with E-state index in [2.05, 4.69) is 112 Å². The van der Waals surface area contributed by atoms with Crippen molar-refractivity contribution in [2.45, 2.75) is 55.1 Å². The van der Waals surface area contributed by atoms with Gasteiger partial charge in [-0.05, 0) is 0 Å². The van der Waals surface area contributed by atoms with Gasteiger partial charge in [0.25, 0.3) is 0 Å². The molecule has 2 aromatic rings. The van der Waals surface area contributed by atoms with E-state index in [1.54, 1.807) is 11.1 Å². The summed E-state index contributed by atoms with van der Waals surface area (Å²) < 4.78 is 0.810. The molecule has 0 bridgehead atoms. The van der Waals surface area contributed by atoms with Crippen molar-refractivity contribution < 1.29 is 57.7 Å². The van der Waals surface area contributed by atoms with E-state index in [4.69, 9.17) is 0 Å². The summed E-state index contributed by atoms with van der Waals surface area (Å²) in [6.45, 7) is 2.35. The van der Waals surface area contributed by atoms with Crippen molar-refractivity contribution >= 4 is 0 Å². The summed E-state index contributed by atoms with van der Waals surface area (Å²) in [7, 11) is 0. The molecule has 0 radical (unpaired) electrons. The Bertz CT molecular complexity index is 887. The molecule has 34 heavy (non-hydrogen) atoms. The van der Waals surface area contributed by atoms with Gasteiger partial charge in [-0.3, -0.25) is 0 Å². The number of hydrogen-bond donors (Lipinski definition) is 0. The number of allylic oxidation sites excluding steroid dienone is 4. The zero-order chi connectivity index (χ0) is 21.3. The molecule has 6 atom stereocenters. The van der Waals surface area contributed by atoms with Crippen molar-refractivity contribution in [1.29, 1.82) is 0 Å². The molecule has 0 saturated heterocycles. The standard InChI is InChI=1S/C30H35.3ClH.Ti/c1-2-3-22-30(23-14-6-4-7-15-23,24-16-8-5-9-17-24)29-27-20-12-10-18-25(27)26-19-11-13-21-28(26)29;;;;/h4-10,12,14-18,20-21,25-29H,2-3,11,13,19,22H2,1H3;3*1H;/q;;;;+3/p-3. The van der Waals surface area contributed by atoms with Gasteiger partial charge in [-0.2, -0.15) is 0 Å². The third-order valence-electron chi connectivity index (χ3n) is 8.63. The fraction of sp³-hybridized carbons (Fsp3) is 0.467. The monoisotopic (exact) mass is 548 g/mol. The molecule has 0 N–H and O–H groups in total. The Hall–Kier alpha value is -0.496. The van der Waals surface area contributed by atoms with Crippen molar-refractivity contribution in [2.75, 3.05) is 0 Å². The van der Waals surface area contributed by atoms with E-state index >= 15 is 0 Å². The van der Waals surface area contributed by atoms with E-state index in [0.29, 0.717) is 11.8 Å². The van der Waals surface area contributed by atoms with Crippen molar-refractivity contribution in [1.82, 2.24) is 0 Å². The molecule has 4 heteroatoms. The first-order valence-electron chi connectivity index (χ1n) is 12.4. The van der Waals surface area contributed by atoms with Crippen molar-refractivity contribution in [2.24, 2.45) is 29.6 Å². The van der Waals surface area contributed by atoms with Gasteiger partial charge in [0, 0.05) is 0 Å². The van der Waals surface area contributed by atoms with Crippen molar-refractivity contribution in [3.63, 3.8) is 0 Å². The molecule has 2 fully saturated rings. The second-order valence-corrected chi connectivity index (χ2v) is 11.2. The van der Waals surface area contributed by atoms with Gasteiger partial charge in [0.05, 0.1) is 0 Å². The molecule has 2 saturated carbocycles. The van der Waals surface area contributed by atoms with Crippen molar-refractivity contribution in [3.8, 4) is 0 Å².